The van der Waals surface area contributed by atoms with E-state index in [2.05, 4.69) is 26.8 Å². The number of rotatable bonds is 5. The molecule has 0 aliphatic rings. The minimum absolute atomic E-state index is 0.163. The van der Waals surface area contributed by atoms with Crippen LogP contribution in [0.25, 0.3) is 0 Å². The number of carbonyl (C=O) groups is 3. The second-order valence-corrected chi connectivity index (χ2v) is 7.78. The minimum atomic E-state index is -0.481. The Hall–Kier alpha value is -2.19. The molecule has 6 nitrogen and oxygen atoms in total. The third-order valence-corrected chi connectivity index (χ3v) is 5.06. The Labute approximate surface area is 158 Å². The van der Waals surface area contributed by atoms with Gasteiger partial charge in [0.2, 0.25) is 0 Å². The Morgan fingerprint density at radius 2 is 1.76 bits per heavy atom. The molecule has 1 aromatic carbocycles. The summed E-state index contributed by atoms with van der Waals surface area (Å²) >= 11 is 4.59. The van der Waals surface area contributed by atoms with E-state index >= 15 is 0 Å². The quantitative estimate of drug-likeness (QED) is 0.725. The highest BCUT2D eigenvalue weighted by Gasteiger charge is 2.17. The van der Waals surface area contributed by atoms with Gasteiger partial charge in [-0.2, -0.15) is 0 Å². The summed E-state index contributed by atoms with van der Waals surface area (Å²) < 4.78 is 0.843. The largest absolute Gasteiger partial charge is 0.332 e. The summed E-state index contributed by atoms with van der Waals surface area (Å²) in [5, 5.41) is 0. The molecule has 2 aromatic rings. The molecule has 0 spiro atoms. The first-order chi connectivity index (χ1) is 11.9. The molecule has 132 valence electrons. The first-order valence-electron chi connectivity index (χ1n) is 7.59. The number of hydrogen-bond acceptors (Lipinski definition) is 4. The van der Waals surface area contributed by atoms with Gasteiger partial charge < -0.3 is 4.90 Å². The normalized spacial score (nSPS) is 10.2. The van der Waals surface area contributed by atoms with Gasteiger partial charge in [-0.1, -0.05) is 19.1 Å². The molecule has 0 bridgehead atoms. The lowest BCUT2D eigenvalue weighted by Crippen LogP contribution is -2.46. The van der Waals surface area contributed by atoms with Crippen LogP contribution in [0.1, 0.15) is 32.5 Å². The number of aryl methyl sites for hydroxylation is 1. The third kappa shape index (κ3) is 5.40. The molecule has 3 amide bonds. The van der Waals surface area contributed by atoms with E-state index in [1.54, 1.807) is 24.3 Å². The van der Waals surface area contributed by atoms with Crippen LogP contribution in [0.2, 0.25) is 0 Å². The molecular formula is C17H18BrN3O3S. The molecule has 0 saturated carbocycles. The van der Waals surface area contributed by atoms with E-state index in [4.69, 9.17) is 0 Å². The summed E-state index contributed by atoms with van der Waals surface area (Å²) in [6, 6.07) is 10.6. The first kappa shape index (κ1) is 19.1. The molecule has 2 N–H and O–H groups in total. The number of nitrogens with zero attached hydrogens (tertiary/aromatic N) is 1. The van der Waals surface area contributed by atoms with Gasteiger partial charge in [0.25, 0.3) is 17.7 Å². The molecule has 1 heterocycles. The summed E-state index contributed by atoms with van der Waals surface area (Å²) in [4.78, 5) is 37.9. The highest BCUT2D eigenvalue weighted by atomic mass is 79.9. The van der Waals surface area contributed by atoms with Gasteiger partial charge in [0, 0.05) is 12.6 Å². The fourth-order valence-electron chi connectivity index (χ4n) is 2.03. The van der Waals surface area contributed by atoms with E-state index in [-0.39, 0.29) is 12.5 Å². The van der Waals surface area contributed by atoms with Crippen molar-refractivity contribution in [2.24, 2.45) is 0 Å². The van der Waals surface area contributed by atoms with Crippen LogP contribution >= 0.6 is 27.3 Å². The van der Waals surface area contributed by atoms with Crippen LogP contribution in [0.4, 0.5) is 0 Å². The van der Waals surface area contributed by atoms with Gasteiger partial charge in [0.15, 0.2) is 0 Å². The summed E-state index contributed by atoms with van der Waals surface area (Å²) in [7, 11) is 1.53. The van der Waals surface area contributed by atoms with E-state index in [0.717, 1.165) is 15.8 Å². The zero-order valence-electron chi connectivity index (χ0n) is 13.8. The number of likely N-dealkylation sites (N-methyl/N-ethyl adjacent to an activating group) is 1. The van der Waals surface area contributed by atoms with Crippen LogP contribution in [-0.2, 0) is 11.2 Å². The van der Waals surface area contributed by atoms with Crippen molar-refractivity contribution in [2.45, 2.75) is 13.3 Å². The van der Waals surface area contributed by atoms with Crippen molar-refractivity contribution < 1.29 is 14.4 Å². The summed E-state index contributed by atoms with van der Waals surface area (Å²) in [5.74, 6) is -1.15. The summed E-state index contributed by atoms with van der Waals surface area (Å²) in [6.07, 6.45) is 0.889. The molecular weight excluding hydrogens is 406 g/mol. The molecule has 1 aromatic heterocycles. The molecule has 0 aliphatic heterocycles. The zero-order chi connectivity index (χ0) is 18.4. The van der Waals surface area contributed by atoms with Crippen LogP contribution < -0.4 is 10.9 Å². The molecule has 0 saturated heterocycles. The number of carbonyl (C=O) groups excluding carboxylic acids is 3. The van der Waals surface area contributed by atoms with Gasteiger partial charge in [-0.25, -0.2) is 0 Å². The maximum Gasteiger partial charge on any atom is 0.269 e. The molecule has 0 fully saturated rings. The zero-order valence-corrected chi connectivity index (χ0v) is 16.2. The number of hydrogen-bond donors (Lipinski definition) is 2. The van der Waals surface area contributed by atoms with E-state index < -0.39 is 11.8 Å². The van der Waals surface area contributed by atoms with Crippen molar-refractivity contribution in [3.63, 3.8) is 0 Å². The number of amides is 3. The highest BCUT2D eigenvalue weighted by Crippen LogP contribution is 2.22. The Morgan fingerprint density at radius 3 is 2.32 bits per heavy atom. The fourth-order valence-corrected chi connectivity index (χ4v) is 3.42. The molecule has 8 heteroatoms. The predicted molar refractivity (Wildman–Crippen MR) is 100 cm³/mol. The number of hydrazine groups is 1. The SMILES string of the molecule is CCc1ccc(C(=O)NNC(=O)CN(C)C(=O)c2ccc(Br)s2)cc1. The Bertz CT molecular complexity index is 774. The van der Waals surface area contributed by atoms with Gasteiger partial charge in [0.1, 0.15) is 6.54 Å². The smallest absolute Gasteiger partial charge is 0.269 e. The lowest BCUT2D eigenvalue weighted by Gasteiger charge is -2.16. The van der Waals surface area contributed by atoms with Crippen molar-refractivity contribution in [1.82, 2.24) is 15.8 Å². The van der Waals surface area contributed by atoms with Gasteiger partial charge in [-0.05, 0) is 52.2 Å². The summed E-state index contributed by atoms with van der Waals surface area (Å²) in [5.41, 5.74) is 6.23. The average molecular weight is 424 g/mol. The highest BCUT2D eigenvalue weighted by molar-refractivity contribution is 9.11. The monoisotopic (exact) mass is 423 g/mol. The van der Waals surface area contributed by atoms with Crippen molar-refractivity contribution in [3.8, 4) is 0 Å². The van der Waals surface area contributed by atoms with E-state index in [1.165, 1.54) is 23.3 Å². The van der Waals surface area contributed by atoms with E-state index in [0.29, 0.717) is 10.4 Å². The second kappa shape index (κ2) is 8.77. The van der Waals surface area contributed by atoms with Gasteiger partial charge in [-0.15, -0.1) is 11.3 Å². The average Bonchev–Trinajstić information content (AvgIpc) is 3.05. The van der Waals surface area contributed by atoms with Crippen molar-refractivity contribution in [2.75, 3.05) is 13.6 Å². The third-order valence-electron chi connectivity index (χ3n) is 3.45. The molecule has 25 heavy (non-hydrogen) atoms. The van der Waals surface area contributed by atoms with Crippen LogP contribution in [0.3, 0.4) is 0 Å². The van der Waals surface area contributed by atoms with Crippen LogP contribution in [-0.4, -0.2) is 36.2 Å². The molecule has 0 radical (unpaired) electrons. The van der Waals surface area contributed by atoms with E-state index in [9.17, 15) is 14.4 Å². The maximum absolute atomic E-state index is 12.2. The lowest BCUT2D eigenvalue weighted by molar-refractivity contribution is -0.122. The van der Waals surface area contributed by atoms with Crippen LogP contribution in [0.5, 0.6) is 0 Å². The summed E-state index contributed by atoms with van der Waals surface area (Å²) in [6.45, 7) is 1.87. The fraction of sp³-hybridized carbons (Fsp3) is 0.235. The topological polar surface area (TPSA) is 78.5 Å². The van der Waals surface area contributed by atoms with Crippen molar-refractivity contribution in [3.05, 3.63) is 56.2 Å². The standard InChI is InChI=1S/C17H18BrN3O3S/c1-3-11-4-6-12(7-5-11)16(23)20-19-15(22)10-21(2)17(24)13-8-9-14(18)25-13/h4-9H,3,10H2,1-2H3,(H,19,22)(H,20,23). The van der Waals surface area contributed by atoms with Gasteiger partial charge in [-0.3, -0.25) is 25.2 Å². The molecule has 0 aliphatic carbocycles. The second-order valence-electron chi connectivity index (χ2n) is 5.32. The van der Waals surface area contributed by atoms with Crippen LogP contribution in [0, 0.1) is 0 Å². The van der Waals surface area contributed by atoms with Crippen molar-refractivity contribution >= 4 is 45.0 Å². The Balaban J connectivity index is 1.83. The minimum Gasteiger partial charge on any atom is -0.332 e. The molecule has 0 unspecified atom stereocenters. The number of halogens is 1. The first-order valence-corrected chi connectivity index (χ1v) is 9.20. The predicted octanol–water partition coefficient (Wildman–Crippen LogP) is 2.61. The van der Waals surface area contributed by atoms with Gasteiger partial charge >= 0.3 is 0 Å². The maximum atomic E-state index is 12.2. The Kier molecular flexibility index (Phi) is 6.72. The lowest BCUT2D eigenvalue weighted by atomic mass is 10.1. The number of thiophene rings is 1. The number of benzene rings is 1. The molecule has 0 atom stereocenters. The van der Waals surface area contributed by atoms with Gasteiger partial charge in [0.05, 0.1) is 8.66 Å². The van der Waals surface area contributed by atoms with Crippen molar-refractivity contribution in [1.29, 1.82) is 0 Å². The Morgan fingerprint density at radius 1 is 1.08 bits per heavy atom. The molecule has 2 rings (SSSR count). The van der Waals surface area contributed by atoms with Crippen LogP contribution in [0.15, 0.2) is 40.2 Å². The number of nitrogens with one attached hydrogen (secondary N) is 2. The van der Waals surface area contributed by atoms with E-state index in [1.807, 2.05) is 19.1 Å².